The standard InChI is InChI=1S/C25H28O11/c1-14(26)31-13-21-25(30-5,36-17(4)29)23(33-16(3)28)22(32-15(2)27)24(35-21)34-20-12-8-10-18-9-6-7-11-19(18)20/h6-12,21-24H,13H2,1-5H3/t21-,22-,23-,24-,25+/m1/s1. The molecule has 0 aliphatic carbocycles. The van der Waals surface area contributed by atoms with Crippen molar-refractivity contribution in [3.8, 4) is 5.75 Å². The highest BCUT2D eigenvalue weighted by atomic mass is 16.8. The highest BCUT2D eigenvalue weighted by Gasteiger charge is 2.64. The van der Waals surface area contributed by atoms with Gasteiger partial charge in [-0.15, -0.1) is 0 Å². The lowest BCUT2D eigenvalue weighted by Gasteiger charge is -2.50. The van der Waals surface area contributed by atoms with Crippen LogP contribution in [0.2, 0.25) is 0 Å². The lowest BCUT2D eigenvalue weighted by Crippen LogP contribution is -2.71. The van der Waals surface area contributed by atoms with Gasteiger partial charge in [0.2, 0.25) is 18.5 Å². The zero-order chi connectivity index (χ0) is 26.5. The largest absolute Gasteiger partial charge is 0.463 e. The highest BCUT2D eigenvalue weighted by Crippen LogP contribution is 2.39. The molecule has 0 saturated carbocycles. The van der Waals surface area contributed by atoms with Crippen molar-refractivity contribution in [2.24, 2.45) is 0 Å². The van der Waals surface area contributed by atoms with Crippen molar-refractivity contribution in [3.63, 3.8) is 0 Å². The Kier molecular flexibility index (Phi) is 8.49. The van der Waals surface area contributed by atoms with Crippen LogP contribution in [0.1, 0.15) is 27.7 Å². The molecule has 1 fully saturated rings. The molecule has 0 radical (unpaired) electrons. The third-order valence-corrected chi connectivity index (χ3v) is 5.36. The molecule has 11 nitrogen and oxygen atoms in total. The van der Waals surface area contributed by atoms with E-state index in [2.05, 4.69) is 0 Å². The van der Waals surface area contributed by atoms with Crippen molar-refractivity contribution in [3.05, 3.63) is 42.5 Å². The van der Waals surface area contributed by atoms with Crippen molar-refractivity contribution in [1.82, 2.24) is 0 Å². The number of benzene rings is 2. The lowest BCUT2D eigenvalue weighted by molar-refractivity contribution is -0.383. The number of esters is 4. The van der Waals surface area contributed by atoms with Crippen LogP contribution < -0.4 is 4.74 Å². The van der Waals surface area contributed by atoms with E-state index in [0.29, 0.717) is 5.75 Å². The topological polar surface area (TPSA) is 133 Å². The van der Waals surface area contributed by atoms with E-state index in [1.54, 1.807) is 12.1 Å². The molecule has 2 aromatic rings. The number of hydrogen-bond acceptors (Lipinski definition) is 11. The van der Waals surface area contributed by atoms with Crippen molar-refractivity contribution in [2.45, 2.75) is 58.1 Å². The van der Waals surface area contributed by atoms with Gasteiger partial charge in [0, 0.05) is 40.2 Å². The molecule has 0 unspecified atom stereocenters. The van der Waals surface area contributed by atoms with Gasteiger partial charge in [-0.05, 0) is 11.5 Å². The van der Waals surface area contributed by atoms with Gasteiger partial charge in [0.15, 0.2) is 6.10 Å². The van der Waals surface area contributed by atoms with Gasteiger partial charge < -0.3 is 33.2 Å². The summed E-state index contributed by atoms with van der Waals surface area (Å²) in [6.07, 6.45) is -5.73. The van der Waals surface area contributed by atoms with Crippen LogP contribution in [0, 0.1) is 0 Å². The van der Waals surface area contributed by atoms with Gasteiger partial charge in [0.1, 0.15) is 12.4 Å². The third kappa shape index (κ3) is 5.92. The van der Waals surface area contributed by atoms with Crippen molar-refractivity contribution >= 4 is 34.6 Å². The molecule has 5 atom stereocenters. The lowest BCUT2D eigenvalue weighted by atomic mass is 9.93. The summed E-state index contributed by atoms with van der Waals surface area (Å²) in [5, 5.41) is 1.60. The second-order valence-corrected chi connectivity index (χ2v) is 8.01. The van der Waals surface area contributed by atoms with Gasteiger partial charge in [-0.1, -0.05) is 36.4 Å². The minimum absolute atomic E-state index is 0.375. The fourth-order valence-electron chi connectivity index (χ4n) is 4.03. The van der Waals surface area contributed by atoms with Crippen LogP contribution in [-0.4, -0.2) is 68.0 Å². The number of ether oxygens (including phenoxy) is 7. The van der Waals surface area contributed by atoms with Gasteiger partial charge in [-0.25, -0.2) is 0 Å². The highest BCUT2D eigenvalue weighted by molar-refractivity contribution is 5.88. The molecule has 36 heavy (non-hydrogen) atoms. The van der Waals surface area contributed by atoms with E-state index < -0.39 is 60.9 Å². The first-order valence-electron chi connectivity index (χ1n) is 11.1. The van der Waals surface area contributed by atoms with Crippen LogP contribution in [0.3, 0.4) is 0 Å². The Bertz CT molecular complexity index is 1120. The van der Waals surface area contributed by atoms with Crippen LogP contribution in [-0.2, 0) is 47.6 Å². The molecular formula is C25H28O11. The maximum atomic E-state index is 12.1. The van der Waals surface area contributed by atoms with Gasteiger partial charge in [-0.3, -0.25) is 19.2 Å². The molecule has 0 spiro atoms. The summed E-state index contributed by atoms with van der Waals surface area (Å²) in [6, 6.07) is 12.7. The van der Waals surface area contributed by atoms with Crippen LogP contribution >= 0.6 is 0 Å². The zero-order valence-corrected chi connectivity index (χ0v) is 20.5. The second kappa shape index (κ2) is 11.4. The van der Waals surface area contributed by atoms with Gasteiger partial charge >= 0.3 is 23.9 Å². The Morgan fingerprint density at radius 2 is 1.53 bits per heavy atom. The van der Waals surface area contributed by atoms with Crippen LogP contribution in [0.4, 0.5) is 0 Å². The monoisotopic (exact) mass is 504 g/mol. The molecule has 1 aliphatic heterocycles. The predicted molar refractivity (Wildman–Crippen MR) is 122 cm³/mol. The van der Waals surface area contributed by atoms with Gasteiger partial charge in [-0.2, -0.15) is 0 Å². The van der Waals surface area contributed by atoms with E-state index in [9.17, 15) is 19.2 Å². The molecule has 194 valence electrons. The Hall–Kier alpha value is -3.70. The summed E-state index contributed by atoms with van der Waals surface area (Å²) in [6.45, 7) is 4.09. The summed E-state index contributed by atoms with van der Waals surface area (Å²) in [4.78, 5) is 47.9. The number of methoxy groups -OCH3 is 1. The Balaban J connectivity index is 2.13. The molecular weight excluding hydrogens is 476 g/mol. The smallest absolute Gasteiger partial charge is 0.305 e. The second-order valence-electron chi connectivity index (χ2n) is 8.01. The number of carbonyl (C=O) groups is 4. The minimum Gasteiger partial charge on any atom is -0.463 e. The van der Waals surface area contributed by atoms with E-state index in [1.165, 1.54) is 14.0 Å². The third-order valence-electron chi connectivity index (χ3n) is 5.36. The van der Waals surface area contributed by atoms with Crippen molar-refractivity contribution in [1.29, 1.82) is 0 Å². The van der Waals surface area contributed by atoms with E-state index >= 15 is 0 Å². The molecule has 0 N–H and O–H groups in total. The molecule has 0 bridgehead atoms. The average molecular weight is 504 g/mol. The quantitative estimate of drug-likeness (QED) is 0.298. The number of rotatable bonds is 8. The van der Waals surface area contributed by atoms with Crippen molar-refractivity contribution < 1.29 is 52.3 Å². The van der Waals surface area contributed by atoms with E-state index in [1.807, 2.05) is 30.3 Å². The predicted octanol–water partition coefficient (Wildman–Crippen LogP) is 2.28. The molecule has 11 heteroatoms. The van der Waals surface area contributed by atoms with Gasteiger partial charge in [0.25, 0.3) is 5.79 Å². The maximum absolute atomic E-state index is 12.1. The minimum atomic E-state index is -2.15. The van der Waals surface area contributed by atoms with E-state index in [4.69, 9.17) is 33.2 Å². The first-order chi connectivity index (χ1) is 17.1. The zero-order valence-electron chi connectivity index (χ0n) is 20.5. The van der Waals surface area contributed by atoms with Crippen LogP contribution in [0.15, 0.2) is 42.5 Å². The van der Waals surface area contributed by atoms with E-state index in [0.717, 1.165) is 31.5 Å². The summed E-state index contributed by atoms with van der Waals surface area (Å²) < 4.78 is 39.3. The fourth-order valence-corrected chi connectivity index (χ4v) is 4.03. The molecule has 0 amide bonds. The SMILES string of the molecule is CO[C@@]1(OC(C)=O)[C@H](OC(C)=O)[C@@H](OC(C)=O)[C@H](Oc2cccc3ccccc23)O[C@@H]1COC(C)=O. The number of fused-ring (bicyclic) bond motifs is 1. The fraction of sp³-hybridized carbons (Fsp3) is 0.440. The summed E-state index contributed by atoms with van der Waals surface area (Å²) in [5.74, 6) is -4.78. The van der Waals surface area contributed by atoms with Crippen LogP contribution in [0.5, 0.6) is 5.75 Å². The summed E-state index contributed by atoms with van der Waals surface area (Å²) in [5.41, 5.74) is 0. The van der Waals surface area contributed by atoms with E-state index in [-0.39, 0.29) is 0 Å². The molecule has 1 aliphatic rings. The number of carbonyl (C=O) groups excluding carboxylic acids is 4. The van der Waals surface area contributed by atoms with Crippen LogP contribution in [0.25, 0.3) is 10.8 Å². The Morgan fingerprint density at radius 3 is 2.14 bits per heavy atom. The first kappa shape index (κ1) is 26.9. The molecule has 3 rings (SSSR count). The average Bonchev–Trinajstić information content (AvgIpc) is 2.81. The molecule has 2 aromatic carbocycles. The molecule has 1 heterocycles. The molecule has 1 saturated heterocycles. The molecule has 0 aromatic heterocycles. The Labute approximate surface area is 207 Å². The number of hydrogen-bond donors (Lipinski definition) is 0. The van der Waals surface area contributed by atoms with Gasteiger partial charge in [0.05, 0.1) is 0 Å². The van der Waals surface area contributed by atoms with Crippen molar-refractivity contribution in [2.75, 3.05) is 13.7 Å². The summed E-state index contributed by atoms with van der Waals surface area (Å²) in [7, 11) is 1.18. The summed E-state index contributed by atoms with van der Waals surface area (Å²) >= 11 is 0. The Morgan fingerprint density at radius 1 is 0.861 bits per heavy atom. The first-order valence-corrected chi connectivity index (χ1v) is 11.1. The normalized spacial score (nSPS) is 25.5. The maximum Gasteiger partial charge on any atom is 0.305 e.